The molecule has 144 valence electrons. The minimum Gasteiger partial charge on any atom is -0.381 e. The molecule has 10 heteroatoms. The summed E-state index contributed by atoms with van der Waals surface area (Å²) in [5, 5.41) is 0. The lowest BCUT2D eigenvalue weighted by Crippen LogP contribution is -2.39. The second kappa shape index (κ2) is 8.35. The van der Waals surface area contributed by atoms with Crippen molar-refractivity contribution >= 4 is 25.7 Å². The Labute approximate surface area is 153 Å². The number of hydrogen-bond donors (Lipinski definition) is 2. The zero-order chi connectivity index (χ0) is 19.4. The van der Waals surface area contributed by atoms with Crippen molar-refractivity contribution in [1.29, 1.82) is 0 Å². The third-order valence-corrected chi connectivity index (χ3v) is 6.80. The Kier molecular flexibility index (Phi) is 6.63. The summed E-state index contributed by atoms with van der Waals surface area (Å²) in [6, 6.07) is 2.17. The third-order valence-electron chi connectivity index (χ3n) is 3.89. The second-order valence-electron chi connectivity index (χ2n) is 5.95. The summed E-state index contributed by atoms with van der Waals surface area (Å²) in [5.41, 5.74) is -0.310. The van der Waals surface area contributed by atoms with Crippen LogP contribution >= 0.6 is 0 Å². The summed E-state index contributed by atoms with van der Waals surface area (Å²) in [6.45, 7) is 2.53. The van der Waals surface area contributed by atoms with Gasteiger partial charge in [0.2, 0.25) is 20.0 Å². The van der Waals surface area contributed by atoms with E-state index < -0.39 is 31.9 Å². The van der Waals surface area contributed by atoms with Gasteiger partial charge in [-0.15, -0.1) is 6.42 Å². The summed E-state index contributed by atoms with van der Waals surface area (Å²) in [6.07, 6.45) is 6.40. The molecule has 0 unspecified atom stereocenters. The molecular formula is C16H21FN2O5S2. The first-order valence-electron chi connectivity index (χ1n) is 8.05. The summed E-state index contributed by atoms with van der Waals surface area (Å²) < 4.78 is 72.2. The monoisotopic (exact) mass is 404 g/mol. The largest absolute Gasteiger partial charge is 0.381 e. The number of terminal acetylenes is 1. The highest BCUT2D eigenvalue weighted by molar-refractivity contribution is 7.92. The van der Waals surface area contributed by atoms with E-state index in [1.54, 1.807) is 6.92 Å². The molecule has 7 nitrogen and oxygen atoms in total. The highest BCUT2D eigenvalue weighted by Gasteiger charge is 2.29. The summed E-state index contributed by atoms with van der Waals surface area (Å²) in [7, 11) is -7.75. The molecule has 0 amide bonds. The first kappa shape index (κ1) is 20.6. The average molecular weight is 404 g/mol. The fraction of sp³-hybridized carbons (Fsp3) is 0.500. The maximum absolute atomic E-state index is 14.2. The summed E-state index contributed by atoms with van der Waals surface area (Å²) in [5.74, 6) is 1.08. The van der Waals surface area contributed by atoms with Gasteiger partial charge in [0.15, 0.2) is 0 Å². The van der Waals surface area contributed by atoms with Crippen LogP contribution in [0.5, 0.6) is 0 Å². The van der Waals surface area contributed by atoms with Crippen molar-refractivity contribution < 1.29 is 26.0 Å². The lowest BCUT2D eigenvalue weighted by Gasteiger charge is -2.18. The maximum Gasteiger partial charge on any atom is 0.241 e. The van der Waals surface area contributed by atoms with Crippen LogP contribution in [0.25, 0.3) is 0 Å². The number of halogens is 1. The first-order valence-corrected chi connectivity index (χ1v) is 11.2. The Morgan fingerprint density at radius 1 is 1.38 bits per heavy atom. The third kappa shape index (κ3) is 5.17. The molecule has 0 aromatic heterocycles. The van der Waals surface area contributed by atoms with Gasteiger partial charge < -0.3 is 4.74 Å². The molecular weight excluding hydrogens is 383 g/mol. The van der Waals surface area contributed by atoms with E-state index in [1.807, 2.05) is 0 Å². The minimum atomic E-state index is -4.07. The number of hydrogen-bond acceptors (Lipinski definition) is 5. The Morgan fingerprint density at radius 2 is 2.12 bits per heavy atom. The standard InChI is InChI=1S/C16H21FN2O5S2/c1-3-9-25(20,21)18-16-6-5-13(10-14(16)17)26(22,23)19-15(4-2)12-7-8-24-11-12/h2,5-6,10,12,15,18-19H,3,7-9,11H2,1H3/t12-,15+/m1/s1. The Morgan fingerprint density at radius 3 is 2.65 bits per heavy atom. The van der Waals surface area contributed by atoms with Crippen LogP contribution in [-0.2, 0) is 24.8 Å². The SMILES string of the molecule is C#C[C@H](NS(=O)(=O)c1ccc(NS(=O)(=O)CCC)c(F)c1)[C@@H]1CCOC1. The van der Waals surface area contributed by atoms with Gasteiger partial charge in [0.25, 0.3) is 0 Å². The normalized spacial score (nSPS) is 19.0. The van der Waals surface area contributed by atoms with Gasteiger partial charge in [0, 0.05) is 12.5 Å². The van der Waals surface area contributed by atoms with Gasteiger partial charge in [0.05, 0.1) is 29.0 Å². The van der Waals surface area contributed by atoms with Crippen LogP contribution in [0.15, 0.2) is 23.1 Å². The van der Waals surface area contributed by atoms with Gasteiger partial charge in [-0.3, -0.25) is 4.72 Å². The molecule has 1 aliphatic heterocycles. The van der Waals surface area contributed by atoms with E-state index in [0.29, 0.717) is 26.1 Å². The predicted molar refractivity (Wildman–Crippen MR) is 96.0 cm³/mol. The van der Waals surface area contributed by atoms with Gasteiger partial charge in [-0.05, 0) is 31.0 Å². The number of nitrogens with one attached hydrogen (secondary N) is 2. The fourth-order valence-corrected chi connectivity index (χ4v) is 4.93. The highest BCUT2D eigenvalue weighted by atomic mass is 32.2. The van der Waals surface area contributed by atoms with Crippen LogP contribution in [0.4, 0.5) is 10.1 Å². The van der Waals surface area contributed by atoms with Crippen LogP contribution in [0, 0.1) is 24.1 Å². The zero-order valence-corrected chi connectivity index (χ0v) is 15.9. The molecule has 0 radical (unpaired) electrons. The lowest BCUT2D eigenvalue weighted by molar-refractivity contribution is 0.183. The van der Waals surface area contributed by atoms with Gasteiger partial charge in [-0.1, -0.05) is 12.8 Å². The molecule has 0 aliphatic carbocycles. The van der Waals surface area contributed by atoms with Crippen LogP contribution in [-0.4, -0.2) is 41.8 Å². The molecule has 26 heavy (non-hydrogen) atoms. The highest BCUT2D eigenvalue weighted by Crippen LogP contribution is 2.22. The van der Waals surface area contributed by atoms with E-state index >= 15 is 0 Å². The number of sulfonamides is 2. The van der Waals surface area contributed by atoms with E-state index in [0.717, 1.165) is 18.2 Å². The molecule has 1 aliphatic rings. The van der Waals surface area contributed by atoms with Crippen molar-refractivity contribution in [2.45, 2.75) is 30.7 Å². The lowest BCUT2D eigenvalue weighted by atomic mass is 10.0. The Balaban J connectivity index is 2.20. The Hall–Kier alpha value is -1.67. The molecule has 1 fully saturated rings. The topological polar surface area (TPSA) is 102 Å². The molecule has 0 bridgehead atoms. The zero-order valence-electron chi connectivity index (χ0n) is 14.2. The Bertz CT molecular complexity index is 888. The number of ether oxygens (including phenoxy) is 1. The molecule has 1 aromatic carbocycles. The number of benzene rings is 1. The molecule has 1 saturated heterocycles. The van der Waals surface area contributed by atoms with Crippen molar-refractivity contribution in [3.8, 4) is 12.3 Å². The van der Waals surface area contributed by atoms with Crippen molar-refractivity contribution in [3.05, 3.63) is 24.0 Å². The average Bonchev–Trinajstić information content (AvgIpc) is 3.08. The molecule has 0 saturated carbocycles. The van der Waals surface area contributed by atoms with Crippen LogP contribution in [0.1, 0.15) is 19.8 Å². The van der Waals surface area contributed by atoms with Crippen molar-refractivity contribution in [1.82, 2.24) is 4.72 Å². The molecule has 0 spiro atoms. The first-order chi connectivity index (χ1) is 12.2. The van der Waals surface area contributed by atoms with Gasteiger partial charge in [-0.25, -0.2) is 21.2 Å². The number of anilines is 1. The van der Waals surface area contributed by atoms with Crippen LogP contribution in [0.2, 0.25) is 0 Å². The molecule has 2 N–H and O–H groups in total. The molecule has 2 rings (SSSR count). The summed E-state index contributed by atoms with van der Waals surface area (Å²) in [4.78, 5) is -0.340. The molecule has 1 heterocycles. The fourth-order valence-electron chi connectivity index (χ4n) is 2.55. The van der Waals surface area contributed by atoms with Gasteiger partial charge in [-0.2, -0.15) is 4.72 Å². The quantitative estimate of drug-likeness (QED) is 0.636. The van der Waals surface area contributed by atoms with Crippen molar-refractivity contribution in [2.75, 3.05) is 23.7 Å². The van der Waals surface area contributed by atoms with Crippen LogP contribution in [0.3, 0.4) is 0 Å². The van der Waals surface area contributed by atoms with Crippen molar-refractivity contribution in [3.63, 3.8) is 0 Å². The summed E-state index contributed by atoms with van der Waals surface area (Å²) >= 11 is 0. The van der Waals surface area contributed by atoms with E-state index in [2.05, 4.69) is 15.4 Å². The van der Waals surface area contributed by atoms with E-state index in [-0.39, 0.29) is 22.3 Å². The smallest absolute Gasteiger partial charge is 0.241 e. The molecule has 2 atom stereocenters. The minimum absolute atomic E-state index is 0.153. The predicted octanol–water partition coefficient (Wildman–Crippen LogP) is 1.29. The maximum atomic E-state index is 14.2. The second-order valence-corrected chi connectivity index (χ2v) is 9.51. The number of rotatable bonds is 8. The van der Waals surface area contributed by atoms with Crippen molar-refractivity contribution in [2.24, 2.45) is 5.92 Å². The molecule has 1 aromatic rings. The van der Waals surface area contributed by atoms with E-state index in [1.165, 1.54) is 0 Å². The van der Waals surface area contributed by atoms with E-state index in [4.69, 9.17) is 11.2 Å². The van der Waals surface area contributed by atoms with Gasteiger partial charge >= 0.3 is 0 Å². The van der Waals surface area contributed by atoms with Gasteiger partial charge in [0.1, 0.15) is 5.82 Å². The van der Waals surface area contributed by atoms with Crippen LogP contribution < -0.4 is 9.44 Å². The van der Waals surface area contributed by atoms with E-state index in [9.17, 15) is 21.2 Å².